The third-order valence-electron chi connectivity index (χ3n) is 3.93. The molecule has 152 valence electrons. The van der Waals surface area contributed by atoms with Gasteiger partial charge in [0.1, 0.15) is 5.82 Å². The summed E-state index contributed by atoms with van der Waals surface area (Å²) in [5, 5.41) is 9.56. The highest BCUT2D eigenvalue weighted by Gasteiger charge is 2.17. The van der Waals surface area contributed by atoms with Crippen molar-refractivity contribution in [1.29, 1.82) is 0 Å². The van der Waals surface area contributed by atoms with Crippen LogP contribution in [0.5, 0.6) is 0 Å². The van der Waals surface area contributed by atoms with E-state index in [-0.39, 0.29) is 11.4 Å². The second-order valence-corrected chi connectivity index (χ2v) is 10.1. The zero-order valence-corrected chi connectivity index (χ0v) is 19.2. The van der Waals surface area contributed by atoms with Crippen LogP contribution >= 0.6 is 39.3 Å². The average Bonchev–Trinajstić information content (AvgIpc) is 3.08. The summed E-state index contributed by atoms with van der Waals surface area (Å²) in [5.41, 5.74) is 1.15. The number of benzene rings is 2. The molecule has 0 spiro atoms. The van der Waals surface area contributed by atoms with Crippen LogP contribution in [0.4, 0.5) is 0 Å². The lowest BCUT2D eigenvalue weighted by atomic mass is 10.2. The maximum Gasteiger partial charge on any atom is 0.240 e. The molecule has 0 saturated heterocycles. The Morgan fingerprint density at radius 1 is 1.14 bits per heavy atom. The Bertz CT molecular complexity index is 1080. The van der Waals surface area contributed by atoms with Gasteiger partial charge in [0.25, 0.3) is 0 Å². The van der Waals surface area contributed by atoms with Crippen molar-refractivity contribution in [2.45, 2.75) is 28.9 Å². The monoisotopic (exact) mass is 512 g/mol. The molecule has 0 fully saturated rings. The largest absolute Gasteiger partial charge is 0.301 e. The van der Waals surface area contributed by atoms with E-state index in [1.807, 2.05) is 28.8 Å². The highest BCUT2D eigenvalue weighted by Crippen LogP contribution is 2.23. The van der Waals surface area contributed by atoms with Gasteiger partial charge in [0, 0.05) is 21.8 Å². The van der Waals surface area contributed by atoms with E-state index >= 15 is 0 Å². The van der Waals surface area contributed by atoms with Gasteiger partial charge in [-0.3, -0.25) is 0 Å². The van der Waals surface area contributed by atoms with Crippen molar-refractivity contribution in [2.75, 3.05) is 0 Å². The van der Waals surface area contributed by atoms with E-state index in [1.165, 1.54) is 36.0 Å². The molecule has 0 atom stereocenters. The van der Waals surface area contributed by atoms with Crippen molar-refractivity contribution in [3.8, 4) is 0 Å². The molecule has 1 N–H and O–H groups in total. The summed E-state index contributed by atoms with van der Waals surface area (Å²) in [7, 11) is -3.68. The van der Waals surface area contributed by atoms with E-state index in [0.29, 0.717) is 22.5 Å². The maximum atomic E-state index is 12.5. The van der Waals surface area contributed by atoms with Crippen LogP contribution in [0.1, 0.15) is 11.4 Å². The summed E-state index contributed by atoms with van der Waals surface area (Å²) in [6.07, 6.45) is 1.73. The number of hydrogen-bond donors (Lipinski definition) is 1. The summed E-state index contributed by atoms with van der Waals surface area (Å²) >= 11 is 10.8. The van der Waals surface area contributed by atoms with Crippen molar-refractivity contribution in [1.82, 2.24) is 19.5 Å². The van der Waals surface area contributed by atoms with Crippen LogP contribution in [0.3, 0.4) is 0 Å². The fourth-order valence-electron chi connectivity index (χ4n) is 2.45. The summed E-state index contributed by atoms with van der Waals surface area (Å²) in [5.74, 6) is 1.24. The van der Waals surface area contributed by atoms with Crippen LogP contribution < -0.4 is 4.72 Å². The third kappa shape index (κ3) is 5.93. The zero-order chi connectivity index (χ0) is 20.9. The number of hydrogen-bond acceptors (Lipinski definition) is 5. The molecule has 0 bridgehead atoms. The predicted octanol–water partition coefficient (Wildman–Crippen LogP) is 4.65. The van der Waals surface area contributed by atoms with Gasteiger partial charge in [0.05, 0.1) is 11.4 Å². The maximum absolute atomic E-state index is 12.5. The zero-order valence-electron chi connectivity index (χ0n) is 15.3. The van der Waals surface area contributed by atoms with Crippen LogP contribution in [0.25, 0.3) is 0 Å². The lowest BCUT2D eigenvalue weighted by Crippen LogP contribution is -2.25. The molecule has 0 unspecified atom stereocenters. The van der Waals surface area contributed by atoms with Gasteiger partial charge in [0.2, 0.25) is 10.0 Å². The molecule has 3 rings (SSSR count). The second-order valence-electron chi connectivity index (χ2n) is 5.99. The van der Waals surface area contributed by atoms with Gasteiger partial charge in [-0.2, -0.15) is 0 Å². The van der Waals surface area contributed by atoms with Gasteiger partial charge in [-0.05, 0) is 42.0 Å². The summed E-state index contributed by atoms with van der Waals surface area (Å²) in [4.78, 5) is 0.140. The summed E-state index contributed by atoms with van der Waals surface area (Å²) in [6, 6.07) is 14.0. The molecule has 10 heteroatoms. The van der Waals surface area contributed by atoms with Gasteiger partial charge < -0.3 is 4.57 Å². The van der Waals surface area contributed by atoms with Crippen LogP contribution in [-0.4, -0.2) is 23.2 Å². The van der Waals surface area contributed by atoms with E-state index in [1.54, 1.807) is 6.08 Å². The van der Waals surface area contributed by atoms with Crippen molar-refractivity contribution >= 4 is 49.3 Å². The molecule has 3 aromatic rings. The lowest BCUT2D eigenvalue weighted by molar-refractivity contribution is 0.574. The second kappa shape index (κ2) is 9.90. The molecule has 2 aromatic carbocycles. The Kier molecular flexibility index (Phi) is 7.53. The van der Waals surface area contributed by atoms with Crippen molar-refractivity contribution < 1.29 is 8.42 Å². The minimum absolute atomic E-state index is 0.0185. The normalized spacial score (nSPS) is 11.5. The van der Waals surface area contributed by atoms with Gasteiger partial charge in [0.15, 0.2) is 5.16 Å². The molecule has 0 aliphatic heterocycles. The quantitative estimate of drug-likeness (QED) is 0.333. The number of halogens is 2. The number of allylic oxidation sites excluding steroid dienone is 1. The van der Waals surface area contributed by atoms with E-state index < -0.39 is 10.0 Å². The van der Waals surface area contributed by atoms with Crippen molar-refractivity contribution in [3.05, 3.63) is 82.1 Å². The first-order valence-electron chi connectivity index (χ1n) is 8.54. The molecular formula is C19H18BrClN4O2S2. The Hall–Kier alpha value is -1.65. The fraction of sp³-hybridized carbons (Fsp3) is 0.158. The lowest BCUT2D eigenvalue weighted by Gasteiger charge is -2.09. The standard InChI is InChI=1S/C19H18BrClN4O2S2/c1-2-11-25-18(12-22-29(26,27)17-9-7-16(21)8-10-17)23-24-19(25)28-13-14-3-5-15(20)6-4-14/h2-10,22H,1,11-13H2. The molecular weight excluding hydrogens is 496 g/mol. The molecule has 0 aliphatic rings. The van der Waals surface area contributed by atoms with Gasteiger partial charge >= 0.3 is 0 Å². The highest BCUT2D eigenvalue weighted by atomic mass is 79.9. The molecule has 0 aliphatic carbocycles. The Balaban J connectivity index is 1.71. The van der Waals surface area contributed by atoms with Gasteiger partial charge in [-0.25, -0.2) is 13.1 Å². The summed E-state index contributed by atoms with van der Waals surface area (Å²) in [6.45, 7) is 4.27. The first-order chi connectivity index (χ1) is 13.9. The number of thioether (sulfide) groups is 1. The Morgan fingerprint density at radius 2 is 1.83 bits per heavy atom. The molecule has 29 heavy (non-hydrogen) atoms. The van der Waals surface area contributed by atoms with Gasteiger partial charge in [-0.15, -0.1) is 16.8 Å². The summed E-state index contributed by atoms with van der Waals surface area (Å²) < 4.78 is 30.4. The number of nitrogens with one attached hydrogen (secondary N) is 1. The number of aromatic nitrogens is 3. The van der Waals surface area contributed by atoms with Gasteiger partial charge in [-0.1, -0.05) is 57.5 Å². The molecule has 0 radical (unpaired) electrons. The minimum atomic E-state index is -3.68. The van der Waals surface area contributed by atoms with E-state index in [9.17, 15) is 8.42 Å². The van der Waals surface area contributed by atoms with Crippen LogP contribution in [0.15, 0.2) is 75.7 Å². The van der Waals surface area contributed by atoms with Crippen LogP contribution in [0.2, 0.25) is 5.02 Å². The highest BCUT2D eigenvalue weighted by molar-refractivity contribution is 9.10. The molecule has 0 saturated carbocycles. The molecule has 0 amide bonds. The average molecular weight is 514 g/mol. The number of rotatable bonds is 9. The molecule has 1 aromatic heterocycles. The van der Waals surface area contributed by atoms with Crippen LogP contribution in [0, 0.1) is 0 Å². The topological polar surface area (TPSA) is 76.9 Å². The van der Waals surface area contributed by atoms with Crippen molar-refractivity contribution in [3.63, 3.8) is 0 Å². The number of sulfonamides is 1. The van der Waals surface area contributed by atoms with E-state index in [0.717, 1.165) is 15.8 Å². The first kappa shape index (κ1) is 22.0. The smallest absolute Gasteiger partial charge is 0.240 e. The van der Waals surface area contributed by atoms with Crippen LogP contribution in [-0.2, 0) is 28.9 Å². The van der Waals surface area contributed by atoms with E-state index in [4.69, 9.17) is 11.6 Å². The predicted molar refractivity (Wildman–Crippen MR) is 119 cm³/mol. The number of nitrogens with zero attached hydrogens (tertiary/aromatic N) is 3. The SMILES string of the molecule is C=CCn1c(CNS(=O)(=O)c2ccc(Cl)cc2)nnc1SCc1ccc(Br)cc1. The Labute approximate surface area is 187 Å². The Morgan fingerprint density at radius 3 is 2.48 bits per heavy atom. The minimum Gasteiger partial charge on any atom is -0.301 e. The fourth-order valence-corrected chi connectivity index (χ4v) is 4.75. The molecule has 6 nitrogen and oxygen atoms in total. The van der Waals surface area contributed by atoms with E-state index in [2.05, 4.69) is 37.4 Å². The van der Waals surface area contributed by atoms with Crippen molar-refractivity contribution in [2.24, 2.45) is 0 Å². The third-order valence-corrected chi connectivity index (χ3v) is 7.17. The molecule has 1 heterocycles. The first-order valence-corrected chi connectivity index (χ1v) is 12.2.